The third-order valence-electron chi connectivity index (χ3n) is 4.71. The highest BCUT2D eigenvalue weighted by Gasteiger charge is 2.24. The van der Waals surface area contributed by atoms with Crippen LogP contribution in [0.15, 0.2) is 77.2 Å². The van der Waals surface area contributed by atoms with Crippen LogP contribution in [0.5, 0.6) is 0 Å². The van der Waals surface area contributed by atoms with Crippen LogP contribution in [0.4, 0.5) is 15.8 Å². The highest BCUT2D eigenvalue weighted by atomic mass is 19.1. The second-order valence-electron chi connectivity index (χ2n) is 6.65. The summed E-state index contributed by atoms with van der Waals surface area (Å²) in [5.41, 5.74) is 2.44. The molecule has 8 heteroatoms. The normalized spacial score (nSPS) is 11.8. The molecule has 0 bridgehead atoms. The molecule has 0 saturated heterocycles. The Kier molecular flexibility index (Phi) is 5.21. The lowest BCUT2D eigenvalue weighted by Crippen LogP contribution is -2.14. The Morgan fingerprint density at radius 1 is 1.00 bits per heavy atom. The lowest BCUT2D eigenvalue weighted by atomic mass is 10.0. The van der Waals surface area contributed by atoms with E-state index in [2.05, 4.69) is 15.5 Å². The van der Waals surface area contributed by atoms with E-state index in [0.29, 0.717) is 22.7 Å². The van der Waals surface area contributed by atoms with Crippen molar-refractivity contribution in [2.45, 2.75) is 13.0 Å². The molecule has 0 fully saturated rings. The zero-order valence-corrected chi connectivity index (χ0v) is 15.9. The van der Waals surface area contributed by atoms with Crippen LogP contribution in [0.2, 0.25) is 0 Å². The maximum atomic E-state index is 13.5. The van der Waals surface area contributed by atoms with Gasteiger partial charge in [0.2, 0.25) is 11.8 Å². The van der Waals surface area contributed by atoms with Gasteiger partial charge in [-0.2, -0.15) is 0 Å². The summed E-state index contributed by atoms with van der Waals surface area (Å²) in [6, 6.07) is 19.3. The Balaban J connectivity index is 1.75. The lowest BCUT2D eigenvalue weighted by molar-refractivity contribution is -0.385. The summed E-state index contributed by atoms with van der Waals surface area (Å²) in [7, 11) is 0. The summed E-state index contributed by atoms with van der Waals surface area (Å²) in [4.78, 5) is 10.9. The topological polar surface area (TPSA) is 94.1 Å². The molecule has 0 aliphatic heterocycles. The average molecular weight is 404 g/mol. The number of hydrogen-bond acceptors (Lipinski definition) is 6. The monoisotopic (exact) mass is 404 g/mol. The molecular weight excluding hydrogens is 387 g/mol. The van der Waals surface area contributed by atoms with Crippen LogP contribution in [0.1, 0.15) is 23.1 Å². The molecule has 7 nitrogen and oxygen atoms in total. The number of hydrogen-bond donors (Lipinski definition) is 1. The Bertz CT molecular complexity index is 1180. The minimum absolute atomic E-state index is 0.00615. The summed E-state index contributed by atoms with van der Waals surface area (Å²) in [5.74, 6) is 0.223. The molecule has 4 rings (SSSR count). The first kappa shape index (κ1) is 19.3. The molecule has 30 heavy (non-hydrogen) atoms. The molecule has 4 aromatic rings. The zero-order valence-electron chi connectivity index (χ0n) is 15.9. The van der Waals surface area contributed by atoms with Gasteiger partial charge in [-0.05, 0) is 42.8 Å². The van der Waals surface area contributed by atoms with Crippen LogP contribution in [-0.2, 0) is 0 Å². The summed E-state index contributed by atoms with van der Waals surface area (Å²) in [5, 5.41) is 22.8. The first-order valence-corrected chi connectivity index (χ1v) is 9.18. The van der Waals surface area contributed by atoms with Gasteiger partial charge in [-0.3, -0.25) is 10.1 Å². The van der Waals surface area contributed by atoms with E-state index in [4.69, 9.17) is 4.42 Å². The minimum atomic E-state index is -0.628. The van der Waals surface area contributed by atoms with Crippen LogP contribution in [0.25, 0.3) is 11.5 Å². The molecule has 0 amide bonds. The fourth-order valence-electron chi connectivity index (χ4n) is 3.12. The van der Waals surface area contributed by atoms with Crippen LogP contribution < -0.4 is 5.32 Å². The average Bonchev–Trinajstić information content (AvgIpc) is 3.24. The van der Waals surface area contributed by atoms with E-state index in [9.17, 15) is 14.5 Å². The zero-order chi connectivity index (χ0) is 21.1. The van der Waals surface area contributed by atoms with Crippen LogP contribution in [0.3, 0.4) is 0 Å². The summed E-state index contributed by atoms with van der Waals surface area (Å²) in [6.07, 6.45) is 0. The van der Waals surface area contributed by atoms with Crippen molar-refractivity contribution < 1.29 is 13.7 Å². The third-order valence-corrected chi connectivity index (χ3v) is 4.71. The molecule has 1 N–H and O–H groups in total. The van der Waals surface area contributed by atoms with Crippen molar-refractivity contribution in [3.8, 4) is 11.5 Å². The second-order valence-corrected chi connectivity index (χ2v) is 6.65. The van der Waals surface area contributed by atoms with E-state index in [1.165, 1.54) is 18.2 Å². The molecule has 0 saturated carbocycles. The third kappa shape index (κ3) is 3.88. The van der Waals surface area contributed by atoms with Crippen LogP contribution in [-0.4, -0.2) is 15.1 Å². The van der Waals surface area contributed by atoms with E-state index in [1.54, 1.807) is 31.2 Å². The van der Waals surface area contributed by atoms with Crippen molar-refractivity contribution in [3.05, 3.63) is 106 Å². The van der Waals surface area contributed by atoms with Gasteiger partial charge < -0.3 is 9.73 Å². The predicted octanol–water partition coefficient (Wildman–Crippen LogP) is 5.29. The molecule has 3 aromatic carbocycles. The van der Waals surface area contributed by atoms with E-state index in [0.717, 1.165) is 5.56 Å². The quantitative estimate of drug-likeness (QED) is 0.346. The second kappa shape index (κ2) is 8.12. The number of anilines is 1. The molecule has 0 aliphatic carbocycles. The first-order valence-electron chi connectivity index (χ1n) is 9.18. The number of nitrogens with zero attached hydrogens (tertiary/aromatic N) is 3. The molecule has 1 heterocycles. The summed E-state index contributed by atoms with van der Waals surface area (Å²) < 4.78 is 19.4. The molecule has 0 spiro atoms. The SMILES string of the molecule is Cc1c(NC(c2ccc(F)cc2)c2nnc(-c3ccccc3)o2)cccc1[N+](=O)[O-]. The van der Waals surface area contributed by atoms with Crippen molar-refractivity contribution in [1.82, 2.24) is 10.2 Å². The number of nitro benzene ring substituents is 1. The molecule has 1 atom stereocenters. The van der Waals surface area contributed by atoms with E-state index in [-0.39, 0.29) is 17.4 Å². The number of benzene rings is 3. The molecular formula is C22H17FN4O3. The minimum Gasteiger partial charge on any atom is -0.418 e. The molecule has 1 unspecified atom stereocenters. The Morgan fingerprint density at radius 2 is 1.73 bits per heavy atom. The number of rotatable bonds is 6. The van der Waals surface area contributed by atoms with Crippen molar-refractivity contribution in [3.63, 3.8) is 0 Å². The highest BCUT2D eigenvalue weighted by molar-refractivity contribution is 5.61. The Hall–Kier alpha value is -4.07. The van der Waals surface area contributed by atoms with Crippen molar-refractivity contribution in [1.29, 1.82) is 0 Å². The van der Waals surface area contributed by atoms with Crippen molar-refractivity contribution >= 4 is 11.4 Å². The van der Waals surface area contributed by atoms with Gasteiger partial charge in [0.1, 0.15) is 11.9 Å². The maximum Gasteiger partial charge on any atom is 0.274 e. The molecule has 1 aromatic heterocycles. The van der Waals surface area contributed by atoms with Crippen LogP contribution in [0, 0.1) is 22.9 Å². The van der Waals surface area contributed by atoms with Gasteiger partial charge in [0.25, 0.3) is 5.69 Å². The summed E-state index contributed by atoms with van der Waals surface area (Å²) in [6.45, 7) is 1.66. The van der Waals surface area contributed by atoms with E-state index >= 15 is 0 Å². The van der Waals surface area contributed by atoms with E-state index < -0.39 is 11.0 Å². The van der Waals surface area contributed by atoms with Gasteiger partial charge in [-0.15, -0.1) is 10.2 Å². The van der Waals surface area contributed by atoms with E-state index in [1.807, 2.05) is 30.3 Å². The lowest BCUT2D eigenvalue weighted by Gasteiger charge is -2.18. The smallest absolute Gasteiger partial charge is 0.274 e. The van der Waals surface area contributed by atoms with Gasteiger partial charge >= 0.3 is 0 Å². The number of nitro groups is 1. The molecule has 0 radical (unpaired) electrons. The summed E-state index contributed by atoms with van der Waals surface area (Å²) >= 11 is 0. The van der Waals surface area contributed by atoms with Gasteiger partial charge in [0, 0.05) is 22.9 Å². The highest BCUT2D eigenvalue weighted by Crippen LogP contribution is 2.32. The standard InChI is InChI=1S/C22H17FN4O3/c1-14-18(8-5-9-19(14)27(28)29)24-20(15-10-12-17(23)13-11-15)22-26-25-21(30-22)16-6-3-2-4-7-16/h2-13,20,24H,1H3. The molecule has 150 valence electrons. The maximum absolute atomic E-state index is 13.5. The number of aromatic nitrogens is 2. The van der Waals surface area contributed by atoms with Gasteiger partial charge in [-0.1, -0.05) is 36.4 Å². The van der Waals surface area contributed by atoms with Gasteiger partial charge in [-0.25, -0.2) is 4.39 Å². The first-order chi connectivity index (χ1) is 14.5. The van der Waals surface area contributed by atoms with Gasteiger partial charge in [0.05, 0.1) is 4.92 Å². The molecule has 0 aliphatic rings. The predicted molar refractivity (Wildman–Crippen MR) is 109 cm³/mol. The van der Waals surface area contributed by atoms with Gasteiger partial charge in [0.15, 0.2) is 0 Å². The Labute approximate surface area is 171 Å². The fourth-order valence-corrected chi connectivity index (χ4v) is 3.12. The van der Waals surface area contributed by atoms with Crippen molar-refractivity contribution in [2.24, 2.45) is 0 Å². The Morgan fingerprint density at radius 3 is 2.43 bits per heavy atom. The fraction of sp³-hybridized carbons (Fsp3) is 0.0909. The van der Waals surface area contributed by atoms with Crippen molar-refractivity contribution in [2.75, 3.05) is 5.32 Å². The number of halogens is 1. The largest absolute Gasteiger partial charge is 0.418 e. The van der Waals surface area contributed by atoms with Crippen LogP contribution >= 0.6 is 0 Å². The number of nitrogens with one attached hydrogen (secondary N) is 1.